The number of nitrogens with one attached hydrogen (secondary N) is 1. The van der Waals surface area contributed by atoms with Gasteiger partial charge in [-0.25, -0.2) is 18.7 Å². The van der Waals surface area contributed by atoms with Crippen LogP contribution in [0.4, 0.5) is 14.6 Å². The van der Waals surface area contributed by atoms with Gasteiger partial charge in [0.2, 0.25) is 0 Å². The van der Waals surface area contributed by atoms with E-state index in [1.807, 2.05) is 6.07 Å². The van der Waals surface area contributed by atoms with E-state index in [4.69, 9.17) is 4.74 Å². The maximum Gasteiger partial charge on any atom is 0.143 e. The van der Waals surface area contributed by atoms with Gasteiger partial charge in [-0.3, -0.25) is 4.90 Å². The minimum Gasteiger partial charge on any atom is -0.379 e. The molecule has 6 nitrogen and oxygen atoms in total. The normalized spacial score (nSPS) is 14.6. The minimum absolute atomic E-state index is 0.0286. The second-order valence-electron chi connectivity index (χ2n) is 8.74. The first kappa shape index (κ1) is 22.4. The number of anilines is 1. The summed E-state index contributed by atoms with van der Waals surface area (Å²) in [5.41, 5.74) is 4.32. The van der Waals surface area contributed by atoms with Crippen LogP contribution in [0.5, 0.6) is 0 Å². The molecule has 0 atom stereocenters. The van der Waals surface area contributed by atoms with Crippen molar-refractivity contribution >= 4 is 16.9 Å². The molecule has 3 heterocycles. The van der Waals surface area contributed by atoms with Gasteiger partial charge < -0.3 is 14.6 Å². The summed E-state index contributed by atoms with van der Waals surface area (Å²) < 4.78 is 34.3. The minimum atomic E-state index is -0.563. The van der Waals surface area contributed by atoms with Gasteiger partial charge in [-0.15, -0.1) is 0 Å². The van der Waals surface area contributed by atoms with Crippen molar-refractivity contribution in [3.05, 3.63) is 77.1 Å². The summed E-state index contributed by atoms with van der Waals surface area (Å²) in [6.45, 7) is 6.07. The van der Waals surface area contributed by atoms with Crippen molar-refractivity contribution in [3.8, 4) is 11.3 Å². The third kappa shape index (κ3) is 4.51. The van der Waals surface area contributed by atoms with Crippen LogP contribution in [-0.2, 0) is 17.8 Å². The zero-order valence-corrected chi connectivity index (χ0v) is 19.3. The molecule has 1 fully saturated rings. The lowest BCUT2D eigenvalue weighted by atomic mass is 10.1. The quantitative estimate of drug-likeness (QED) is 0.450. The molecule has 8 heteroatoms. The monoisotopic (exact) mass is 463 g/mol. The molecule has 0 aliphatic carbocycles. The molecule has 0 saturated carbocycles. The van der Waals surface area contributed by atoms with Crippen molar-refractivity contribution in [3.63, 3.8) is 0 Å². The highest BCUT2D eigenvalue weighted by Crippen LogP contribution is 2.30. The van der Waals surface area contributed by atoms with Crippen LogP contribution in [0.25, 0.3) is 22.3 Å². The molecule has 176 valence electrons. The molecule has 0 amide bonds. The van der Waals surface area contributed by atoms with Crippen molar-refractivity contribution in [2.75, 3.05) is 38.3 Å². The fraction of sp³-hybridized carbons (Fsp3) is 0.308. The fourth-order valence-electron chi connectivity index (χ4n) is 4.37. The topological polar surface area (TPSA) is 57.3 Å². The average molecular weight is 464 g/mol. The number of halogens is 2. The molecule has 0 spiro atoms. The molecular weight excluding hydrogens is 436 g/mol. The number of morpholine rings is 1. The summed E-state index contributed by atoms with van der Waals surface area (Å²) in [6, 6.07) is 13.2. The number of hydrogen-bond donors (Lipinski definition) is 1. The van der Waals surface area contributed by atoms with Gasteiger partial charge in [-0.05, 0) is 35.7 Å². The molecule has 0 unspecified atom stereocenters. The van der Waals surface area contributed by atoms with Crippen LogP contribution >= 0.6 is 0 Å². The van der Waals surface area contributed by atoms with Crippen molar-refractivity contribution in [1.29, 1.82) is 0 Å². The SMILES string of the molecule is Cc1ccc(F)c(CN(C)c2ncnc3[nH]c(-c4ccc(CN5CCOCC5)cc4)cc23)c1F. The van der Waals surface area contributed by atoms with Crippen LogP contribution in [0.15, 0.2) is 48.8 Å². The Balaban J connectivity index is 1.39. The molecule has 4 aromatic rings. The molecule has 1 aliphatic heterocycles. The predicted molar refractivity (Wildman–Crippen MR) is 129 cm³/mol. The number of aromatic amines is 1. The Morgan fingerprint density at radius 3 is 2.59 bits per heavy atom. The maximum absolute atomic E-state index is 14.5. The van der Waals surface area contributed by atoms with E-state index in [9.17, 15) is 8.78 Å². The Bertz CT molecular complexity index is 1300. The summed E-state index contributed by atoms with van der Waals surface area (Å²) in [5, 5.41) is 0.797. The van der Waals surface area contributed by atoms with E-state index < -0.39 is 11.6 Å². The molecule has 34 heavy (non-hydrogen) atoms. The van der Waals surface area contributed by atoms with E-state index in [-0.39, 0.29) is 12.1 Å². The molecule has 0 radical (unpaired) electrons. The Kier molecular flexibility index (Phi) is 6.26. The van der Waals surface area contributed by atoms with Crippen LogP contribution < -0.4 is 4.90 Å². The van der Waals surface area contributed by atoms with Crippen molar-refractivity contribution < 1.29 is 13.5 Å². The third-order valence-electron chi connectivity index (χ3n) is 6.32. The number of aromatic nitrogens is 3. The fourth-order valence-corrected chi connectivity index (χ4v) is 4.37. The number of H-pyrrole nitrogens is 1. The van der Waals surface area contributed by atoms with Gasteiger partial charge in [0, 0.05) is 44.5 Å². The molecule has 5 rings (SSSR count). The van der Waals surface area contributed by atoms with Gasteiger partial charge in [0.05, 0.1) is 18.6 Å². The maximum atomic E-state index is 14.5. The Morgan fingerprint density at radius 2 is 1.82 bits per heavy atom. The molecule has 0 bridgehead atoms. The molecular formula is C26H27F2N5O. The smallest absolute Gasteiger partial charge is 0.143 e. The van der Waals surface area contributed by atoms with Crippen LogP contribution in [0.1, 0.15) is 16.7 Å². The van der Waals surface area contributed by atoms with E-state index >= 15 is 0 Å². The van der Waals surface area contributed by atoms with Crippen molar-refractivity contribution in [2.45, 2.75) is 20.0 Å². The first-order valence-corrected chi connectivity index (χ1v) is 11.4. The summed E-state index contributed by atoms with van der Waals surface area (Å²) in [7, 11) is 1.77. The Labute approximate surface area is 197 Å². The lowest BCUT2D eigenvalue weighted by molar-refractivity contribution is 0.0342. The van der Waals surface area contributed by atoms with Gasteiger partial charge in [0.1, 0.15) is 29.4 Å². The first-order chi connectivity index (χ1) is 16.5. The van der Waals surface area contributed by atoms with E-state index in [1.165, 1.54) is 24.0 Å². The predicted octanol–water partition coefficient (Wildman–Crippen LogP) is 4.68. The van der Waals surface area contributed by atoms with Crippen LogP contribution in [0.2, 0.25) is 0 Å². The van der Waals surface area contributed by atoms with E-state index in [1.54, 1.807) is 18.9 Å². The molecule has 1 N–H and O–H groups in total. The lowest BCUT2D eigenvalue weighted by Gasteiger charge is -2.26. The van der Waals surface area contributed by atoms with Crippen LogP contribution in [-0.4, -0.2) is 53.2 Å². The zero-order valence-electron chi connectivity index (χ0n) is 19.3. The van der Waals surface area contributed by atoms with Gasteiger partial charge in [-0.2, -0.15) is 0 Å². The number of nitrogens with zero attached hydrogens (tertiary/aromatic N) is 4. The first-order valence-electron chi connectivity index (χ1n) is 11.4. The van der Waals surface area contributed by atoms with Gasteiger partial charge in [0.25, 0.3) is 0 Å². The number of aryl methyl sites for hydroxylation is 1. The number of benzene rings is 2. The third-order valence-corrected chi connectivity index (χ3v) is 6.32. The summed E-state index contributed by atoms with van der Waals surface area (Å²) >= 11 is 0. The molecule has 1 saturated heterocycles. The Morgan fingerprint density at radius 1 is 1.06 bits per heavy atom. The highest BCUT2D eigenvalue weighted by molar-refractivity contribution is 5.91. The molecule has 2 aromatic heterocycles. The van der Waals surface area contributed by atoms with Gasteiger partial charge >= 0.3 is 0 Å². The highest BCUT2D eigenvalue weighted by Gasteiger charge is 2.18. The van der Waals surface area contributed by atoms with Crippen LogP contribution in [0, 0.1) is 18.6 Å². The largest absolute Gasteiger partial charge is 0.379 e. The number of rotatable bonds is 6. The summed E-state index contributed by atoms with van der Waals surface area (Å²) in [5.74, 6) is -0.479. The van der Waals surface area contributed by atoms with Gasteiger partial charge in [0.15, 0.2) is 0 Å². The van der Waals surface area contributed by atoms with Crippen molar-refractivity contribution in [2.24, 2.45) is 0 Å². The van der Waals surface area contributed by atoms with E-state index in [0.29, 0.717) is 17.0 Å². The number of hydrogen-bond acceptors (Lipinski definition) is 5. The average Bonchev–Trinajstić information content (AvgIpc) is 3.30. The molecule has 2 aromatic carbocycles. The standard InChI is InChI=1S/C26H27F2N5O/c1-17-3-8-22(27)21(24(17)28)15-32(2)26-20-13-23(31-25(20)29-16-30-26)19-6-4-18(5-7-19)14-33-9-11-34-12-10-33/h3-8,13,16H,9-12,14-15H2,1-2H3,(H,29,30,31). The van der Waals surface area contributed by atoms with E-state index in [0.717, 1.165) is 49.5 Å². The number of ether oxygens (including phenoxy) is 1. The van der Waals surface area contributed by atoms with Crippen LogP contribution in [0.3, 0.4) is 0 Å². The second kappa shape index (κ2) is 9.48. The van der Waals surface area contributed by atoms with Crippen molar-refractivity contribution in [1.82, 2.24) is 19.9 Å². The summed E-state index contributed by atoms with van der Waals surface area (Å²) in [4.78, 5) is 16.2. The lowest BCUT2D eigenvalue weighted by Crippen LogP contribution is -2.35. The molecule has 1 aliphatic rings. The second-order valence-corrected chi connectivity index (χ2v) is 8.74. The Hall–Kier alpha value is -3.36. The number of fused-ring (bicyclic) bond motifs is 1. The zero-order chi connectivity index (χ0) is 23.7. The van der Waals surface area contributed by atoms with E-state index in [2.05, 4.69) is 44.1 Å². The summed E-state index contributed by atoms with van der Waals surface area (Å²) in [6.07, 6.45) is 1.46. The highest BCUT2D eigenvalue weighted by atomic mass is 19.1. The van der Waals surface area contributed by atoms with Gasteiger partial charge in [-0.1, -0.05) is 30.3 Å².